The molecule has 3 aromatic heterocycles. The van der Waals surface area contributed by atoms with Crippen molar-refractivity contribution in [2.24, 2.45) is 5.84 Å². The summed E-state index contributed by atoms with van der Waals surface area (Å²) in [5.74, 6) is 6.62. The largest absolute Gasteiger partial charge is 0.394 e. The number of nitrogens with one attached hydrogen (secondary N) is 2. The lowest BCUT2D eigenvalue weighted by atomic mass is 10.1. The van der Waals surface area contributed by atoms with Crippen LogP contribution < -0.4 is 16.6 Å². The Morgan fingerprint density at radius 1 is 1.25 bits per heavy atom. The van der Waals surface area contributed by atoms with Crippen molar-refractivity contribution in [3.05, 3.63) is 47.9 Å². The number of fused-ring (bicyclic) bond motifs is 1. The lowest BCUT2D eigenvalue weighted by Crippen LogP contribution is -2.15. The van der Waals surface area contributed by atoms with E-state index in [-0.39, 0.29) is 12.6 Å². The smallest absolute Gasteiger partial charge is 0.183 e. The molecule has 144 valence electrons. The first-order chi connectivity index (χ1) is 13.7. The van der Waals surface area contributed by atoms with Gasteiger partial charge in [-0.15, -0.1) is 11.3 Å². The Balaban J connectivity index is 1.61. The third-order valence-electron chi connectivity index (χ3n) is 4.38. The molecule has 10 heteroatoms. The van der Waals surface area contributed by atoms with Crippen molar-refractivity contribution < 1.29 is 5.11 Å². The van der Waals surface area contributed by atoms with E-state index in [2.05, 4.69) is 43.8 Å². The minimum Gasteiger partial charge on any atom is -0.394 e. The Hall–Kier alpha value is -3.08. The van der Waals surface area contributed by atoms with E-state index in [0.717, 1.165) is 21.3 Å². The zero-order valence-electron chi connectivity index (χ0n) is 15.2. The molecule has 4 aromatic rings. The predicted octanol–water partition coefficient (Wildman–Crippen LogP) is 2.40. The quantitative estimate of drug-likeness (QED) is 0.277. The maximum atomic E-state index is 9.05. The van der Waals surface area contributed by atoms with Crippen LogP contribution in [0.5, 0.6) is 0 Å². The van der Waals surface area contributed by atoms with Gasteiger partial charge in [0.15, 0.2) is 11.6 Å². The Bertz CT molecular complexity index is 1090. The molecular formula is C18H20N8OS. The van der Waals surface area contributed by atoms with Crippen LogP contribution in [0.1, 0.15) is 18.5 Å². The standard InChI is InChI=1S/C18H20N8OS/c1-11(12-2-3-14-16(6-12)28-10-21-14)23-18-17(25-19)20-8-15(24-18)13-7-22-26(9-13)4-5-27/h2-3,6-11,27H,4-5,19H2,1H3,(H,20,25)(H,23,24). The number of hydrogen-bond donors (Lipinski definition) is 4. The van der Waals surface area contributed by atoms with Crippen molar-refractivity contribution in [3.63, 3.8) is 0 Å². The van der Waals surface area contributed by atoms with Crippen LogP contribution in [0.3, 0.4) is 0 Å². The summed E-state index contributed by atoms with van der Waals surface area (Å²) < 4.78 is 2.80. The summed E-state index contributed by atoms with van der Waals surface area (Å²) >= 11 is 1.61. The molecule has 9 nitrogen and oxygen atoms in total. The number of anilines is 2. The topological polar surface area (TPSA) is 127 Å². The van der Waals surface area contributed by atoms with Crippen molar-refractivity contribution in [3.8, 4) is 11.3 Å². The molecule has 0 amide bonds. The summed E-state index contributed by atoms with van der Waals surface area (Å²) in [5.41, 5.74) is 8.01. The van der Waals surface area contributed by atoms with Gasteiger partial charge in [-0.05, 0) is 24.6 Å². The molecule has 0 aliphatic carbocycles. The summed E-state index contributed by atoms with van der Waals surface area (Å²) in [5, 5.41) is 16.6. The molecule has 4 rings (SSSR count). The van der Waals surface area contributed by atoms with Crippen LogP contribution in [0.4, 0.5) is 11.6 Å². The average molecular weight is 396 g/mol. The maximum absolute atomic E-state index is 9.05. The molecular weight excluding hydrogens is 376 g/mol. The highest BCUT2D eigenvalue weighted by Gasteiger charge is 2.14. The molecule has 1 atom stereocenters. The first-order valence-corrected chi connectivity index (χ1v) is 9.63. The van der Waals surface area contributed by atoms with Crippen LogP contribution in [0.15, 0.2) is 42.3 Å². The van der Waals surface area contributed by atoms with Crippen molar-refractivity contribution in [2.45, 2.75) is 19.5 Å². The first-order valence-electron chi connectivity index (χ1n) is 8.75. The van der Waals surface area contributed by atoms with E-state index in [0.29, 0.717) is 23.9 Å². The van der Waals surface area contributed by atoms with E-state index in [9.17, 15) is 0 Å². The maximum Gasteiger partial charge on any atom is 0.183 e. The molecule has 3 heterocycles. The summed E-state index contributed by atoms with van der Waals surface area (Å²) in [6.07, 6.45) is 5.15. The van der Waals surface area contributed by atoms with Crippen LogP contribution in [0.25, 0.3) is 21.5 Å². The zero-order chi connectivity index (χ0) is 19.5. The van der Waals surface area contributed by atoms with Gasteiger partial charge in [-0.1, -0.05) is 6.07 Å². The summed E-state index contributed by atoms with van der Waals surface area (Å²) in [7, 11) is 0. The minimum absolute atomic E-state index is 0.0136. The number of nitrogens with zero attached hydrogens (tertiary/aromatic N) is 5. The second-order valence-electron chi connectivity index (χ2n) is 6.26. The van der Waals surface area contributed by atoms with Gasteiger partial charge in [-0.25, -0.2) is 20.8 Å². The monoisotopic (exact) mass is 396 g/mol. The molecule has 5 N–H and O–H groups in total. The van der Waals surface area contributed by atoms with E-state index in [1.807, 2.05) is 23.8 Å². The third kappa shape index (κ3) is 3.65. The predicted molar refractivity (Wildman–Crippen MR) is 110 cm³/mol. The second kappa shape index (κ2) is 7.89. The number of rotatable bonds is 7. The Kier molecular flexibility index (Phi) is 5.15. The number of aliphatic hydroxyl groups excluding tert-OH is 1. The van der Waals surface area contributed by atoms with Gasteiger partial charge in [0.05, 0.1) is 53.0 Å². The Morgan fingerprint density at radius 3 is 2.96 bits per heavy atom. The number of benzene rings is 1. The number of aliphatic hydroxyl groups is 1. The van der Waals surface area contributed by atoms with Crippen molar-refractivity contribution in [1.29, 1.82) is 0 Å². The van der Waals surface area contributed by atoms with Crippen LogP contribution >= 0.6 is 11.3 Å². The van der Waals surface area contributed by atoms with Crippen molar-refractivity contribution in [1.82, 2.24) is 24.7 Å². The SMILES string of the molecule is CC(Nc1nc(-c2cnn(CCO)c2)cnc1NN)c1ccc2ncsc2c1. The van der Waals surface area contributed by atoms with Gasteiger partial charge in [0.2, 0.25) is 0 Å². The van der Waals surface area contributed by atoms with Crippen LogP contribution in [-0.4, -0.2) is 36.4 Å². The summed E-state index contributed by atoms with van der Waals surface area (Å²) in [4.78, 5) is 13.3. The number of hydrogen-bond acceptors (Lipinski definition) is 9. The van der Waals surface area contributed by atoms with Crippen LogP contribution in [-0.2, 0) is 6.54 Å². The van der Waals surface area contributed by atoms with Gasteiger partial charge in [0.1, 0.15) is 0 Å². The third-order valence-corrected chi connectivity index (χ3v) is 5.17. The molecule has 0 aliphatic heterocycles. The van der Waals surface area contributed by atoms with Crippen LogP contribution in [0, 0.1) is 0 Å². The fraction of sp³-hybridized carbons (Fsp3) is 0.222. The molecule has 0 saturated carbocycles. The Labute approximate surface area is 165 Å². The Morgan fingerprint density at radius 2 is 2.14 bits per heavy atom. The van der Waals surface area contributed by atoms with Gasteiger partial charge in [-0.3, -0.25) is 4.68 Å². The molecule has 0 radical (unpaired) electrons. The summed E-state index contributed by atoms with van der Waals surface area (Å²) in [6.45, 7) is 2.51. The van der Waals surface area contributed by atoms with Crippen LogP contribution in [0.2, 0.25) is 0 Å². The number of thiazole rings is 1. The van der Waals surface area contributed by atoms with Gasteiger partial charge in [0.25, 0.3) is 0 Å². The van der Waals surface area contributed by atoms with E-state index in [1.54, 1.807) is 28.4 Å². The first kappa shape index (κ1) is 18.3. The summed E-state index contributed by atoms with van der Waals surface area (Å²) in [6, 6.07) is 6.17. The molecule has 1 aromatic carbocycles. The van der Waals surface area contributed by atoms with Gasteiger partial charge < -0.3 is 15.8 Å². The van der Waals surface area contributed by atoms with E-state index in [4.69, 9.17) is 10.9 Å². The molecule has 28 heavy (non-hydrogen) atoms. The molecule has 0 aliphatic rings. The highest BCUT2D eigenvalue weighted by atomic mass is 32.1. The van der Waals surface area contributed by atoms with Gasteiger partial charge >= 0.3 is 0 Å². The zero-order valence-corrected chi connectivity index (χ0v) is 16.0. The molecule has 0 fully saturated rings. The fourth-order valence-corrected chi connectivity index (χ4v) is 3.61. The minimum atomic E-state index is -0.0136. The highest BCUT2D eigenvalue weighted by Crippen LogP contribution is 2.28. The lowest BCUT2D eigenvalue weighted by molar-refractivity contribution is 0.269. The molecule has 0 spiro atoms. The number of aromatic nitrogens is 5. The number of nitrogens with two attached hydrogens (primary N) is 1. The number of hydrazine groups is 1. The highest BCUT2D eigenvalue weighted by molar-refractivity contribution is 7.16. The fourth-order valence-electron chi connectivity index (χ4n) is 2.88. The van der Waals surface area contributed by atoms with Crippen molar-refractivity contribution >= 4 is 33.2 Å². The van der Waals surface area contributed by atoms with E-state index >= 15 is 0 Å². The van der Waals surface area contributed by atoms with Gasteiger partial charge in [-0.2, -0.15) is 5.10 Å². The second-order valence-corrected chi connectivity index (χ2v) is 7.14. The van der Waals surface area contributed by atoms with Crippen molar-refractivity contribution in [2.75, 3.05) is 17.3 Å². The molecule has 0 bridgehead atoms. The average Bonchev–Trinajstić information content (AvgIpc) is 3.37. The lowest BCUT2D eigenvalue weighted by Gasteiger charge is -2.17. The normalized spacial score (nSPS) is 12.2. The molecule has 1 unspecified atom stereocenters. The number of nitrogen functional groups attached to an aromatic ring is 1. The van der Waals surface area contributed by atoms with Gasteiger partial charge in [0, 0.05) is 11.8 Å². The van der Waals surface area contributed by atoms with E-state index in [1.165, 1.54) is 0 Å². The van der Waals surface area contributed by atoms with E-state index < -0.39 is 0 Å². The molecule has 0 saturated heterocycles.